The van der Waals surface area contributed by atoms with Crippen molar-refractivity contribution in [2.24, 2.45) is 0 Å². The number of nitrogens with zero attached hydrogens (tertiary/aromatic N) is 6. The summed E-state index contributed by atoms with van der Waals surface area (Å²) in [6, 6.07) is 79.3. The Bertz CT molecular complexity index is 3930. The number of benzene rings is 9. The Morgan fingerprint density at radius 3 is 1.62 bits per heavy atom. The fourth-order valence-corrected chi connectivity index (χ4v) is 9.70. The van der Waals surface area contributed by atoms with E-state index in [2.05, 4.69) is 167 Å². The summed E-state index contributed by atoms with van der Waals surface area (Å²) in [4.78, 5) is 20.1. The molecular weight excluding hydrogens is 805 g/mol. The van der Waals surface area contributed by atoms with Crippen molar-refractivity contribution in [2.45, 2.75) is 0 Å². The lowest BCUT2D eigenvalue weighted by molar-refractivity contribution is 0.953. The quantitative estimate of drug-likeness (QED) is 0.160. The van der Waals surface area contributed by atoms with E-state index in [1.54, 1.807) is 0 Å². The molecule has 0 spiro atoms. The van der Waals surface area contributed by atoms with E-state index >= 15 is 0 Å². The van der Waals surface area contributed by atoms with Gasteiger partial charge < -0.3 is 4.57 Å². The molecule has 66 heavy (non-hydrogen) atoms. The van der Waals surface area contributed by atoms with Crippen LogP contribution in [0.5, 0.6) is 0 Å². The number of aromatic nitrogens is 6. The fourth-order valence-electron chi connectivity index (χ4n) is 9.70. The van der Waals surface area contributed by atoms with Crippen LogP contribution in [0.15, 0.2) is 231 Å². The van der Waals surface area contributed by atoms with Crippen LogP contribution in [0.3, 0.4) is 0 Å². The lowest BCUT2D eigenvalue weighted by Crippen LogP contribution is -2.06. The van der Waals surface area contributed by atoms with E-state index < -0.39 is 0 Å². The predicted molar refractivity (Wildman–Crippen MR) is 271 cm³/mol. The molecule has 0 unspecified atom stereocenters. The molecule has 0 bridgehead atoms. The van der Waals surface area contributed by atoms with Gasteiger partial charge in [0.05, 0.1) is 27.6 Å². The van der Waals surface area contributed by atoms with E-state index in [0.29, 0.717) is 17.6 Å². The molecule has 13 aromatic rings. The third-order valence-electron chi connectivity index (χ3n) is 12.8. The summed E-state index contributed by atoms with van der Waals surface area (Å²) in [6.07, 6.45) is 1.90. The molecule has 0 aliphatic carbocycles. The van der Waals surface area contributed by atoms with Gasteiger partial charge in [0, 0.05) is 49.9 Å². The summed E-state index contributed by atoms with van der Waals surface area (Å²) in [5.41, 5.74) is 15.2. The minimum absolute atomic E-state index is 0.576. The van der Waals surface area contributed by atoms with Crippen molar-refractivity contribution in [1.29, 1.82) is 0 Å². The van der Waals surface area contributed by atoms with Gasteiger partial charge in [-0.2, -0.15) is 9.97 Å². The Labute approximate surface area is 380 Å². The Morgan fingerprint density at radius 2 is 0.879 bits per heavy atom. The van der Waals surface area contributed by atoms with Gasteiger partial charge in [0.1, 0.15) is 0 Å². The second kappa shape index (κ2) is 15.4. The number of rotatable bonds is 7. The molecule has 0 saturated heterocycles. The lowest BCUT2D eigenvalue weighted by atomic mass is 9.97. The van der Waals surface area contributed by atoms with Crippen molar-refractivity contribution in [3.8, 4) is 67.8 Å². The average molecular weight is 843 g/mol. The van der Waals surface area contributed by atoms with Crippen molar-refractivity contribution in [2.75, 3.05) is 0 Å². The van der Waals surface area contributed by atoms with Crippen LogP contribution in [0.4, 0.5) is 0 Å². The molecule has 0 N–H and O–H groups in total. The molecule has 0 atom stereocenters. The zero-order valence-electron chi connectivity index (χ0n) is 35.6. The third kappa shape index (κ3) is 6.26. The first-order valence-corrected chi connectivity index (χ1v) is 22.2. The van der Waals surface area contributed by atoms with Crippen molar-refractivity contribution in [3.05, 3.63) is 231 Å². The molecule has 4 aromatic heterocycles. The standard InChI is InChI=1S/C60H38N6/c1-4-15-39(16-5-1)45-23-13-25-48(36-45)65-54-33-29-40-24-14-34-61-57(40)56(54)50-31-28-47(38-55(50)65)44-22-12-21-43(35-44)46-30-32-53-51(37-46)49-26-10-11-27-52(49)66(53)60-63-58(41-17-6-2-7-18-41)62-59(64-60)42-19-8-3-9-20-42/h1-38H. The number of hydrogen-bond acceptors (Lipinski definition) is 4. The molecule has 308 valence electrons. The maximum atomic E-state index is 5.13. The van der Waals surface area contributed by atoms with Crippen LogP contribution < -0.4 is 0 Å². The lowest BCUT2D eigenvalue weighted by Gasteiger charge is -2.12. The second-order valence-electron chi connectivity index (χ2n) is 16.7. The zero-order chi connectivity index (χ0) is 43.6. The molecule has 0 fully saturated rings. The largest absolute Gasteiger partial charge is 0.309 e. The van der Waals surface area contributed by atoms with Crippen LogP contribution >= 0.6 is 0 Å². The van der Waals surface area contributed by atoms with E-state index in [0.717, 1.165) is 88.2 Å². The maximum absolute atomic E-state index is 5.13. The molecule has 0 amide bonds. The maximum Gasteiger partial charge on any atom is 0.238 e. The molecule has 0 aliphatic rings. The van der Waals surface area contributed by atoms with Crippen LogP contribution in [0.2, 0.25) is 0 Å². The van der Waals surface area contributed by atoms with Crippen LogP contribution in [0, 0.1) is 0 Å². The van der Waals surface area contributed by atoms with Gasteiger partial charge >= 0.3 is 0 Å². The first kappa shape index (κ1) is 37.5. The molecule has 13 rings (SSSR count). The van der Waals surface area contributed by atoms with Crippen molar-refractivity contribution in [1.82, 2.24) is 29.1 Å². The summed E-state index contributed by atoms with van der Waals surface area (Å²) in [6.45, 7) is 0. The van der Waals surface area contributed by atoms with Gasteiger partial charge in [-0.1, -0.05) is 170 Å². The fraction of sp³-hybridized carbons (Fsp3) is 0. The van der Waals surface area contributed by atoms with Crippen LogP contribution in [-0.4, -0.2) is 29.1 Å². The minimum atomic E-state index is 0.576. The zero-order valence-corrected chi connectivity index (χ0v) is 35.6. The topological polar surface area (TPSA) is 61.4 Å². The van der Waals surface area contributed by atoms with Gasteiger partial charge in [0.15, 0.2) is 11.6 Å². The summed E-state index contributed by atoms with van der Waals surface area (Å²) in [5, 5.41) is 5.71. The highest BCUT2D eigenvalue weighted by Crippen LogP contribution is 2.40. The molecule has 0 radical (unpaired) electrons. The molecular formula is C60H38N6. The van der Waals surface area contributed by atoms with Crippen molar-refractivity contribution < 1.29 is 0 Å². The first-order chi connectivity index (χ1) is 32.7. The van der Waals surface area contributed by atoms with Gasteiger partial charge in [0.25, 0.3) is 0 Å². The van der Waals surface area contributed by atoms with Crippen LogP contribution in [-0.2, 0) is 0 Å². The van der Waals surface area contributed by atoms with E-state index in [-0.39, 0.29) is 0 Å². The Kier molecular flexibility index (Phi) is 8.74. The van der Waals surface area contributed by atoms with Crippen LogP contribution in [0.25, 0.3) is 122 Å². The summed E-state index contributed by atoms with van der Waals surface area (Å²) < 4.78 is 4.58. The summed E-state index contributed by atoms with van der Waals surface area (Å²) in [5.74, 6) is 1.83. The van der Waals surface area contributed by atoms with Gasteiger partial charge in [-0.25, -0.2) is 4.98 Å². The number of pyridine rings is 1. The van der Waals surface area contributed by atoms with Crippen LogP contribution in [0.1, 0.15) is 0 Å². The van der Waals surface area contributed by atoms with Crippen molar-refractivity contribution >= 4 is 54.5 Å². The Morgan fingerprint density at radius 1 is 0.303 bits per heavy atom. The summed E-state index contributed by atoms with van der Waals surface area (Å²) in [7, 11) is 0. The predicted octanol–water partition coefficient (Wildman–Crippen LogP) is 14.9. The first-order valence-electron chi connectivity index (χ1n) is 22.2. The van der Waals surface area contributed by atoms with E-state index in [9.17, 15) is 0 Å². The number of hydrogen-bond donors (Lipinski definition) is 0. The Hall–Kier alpha value is -9.00. The summed E-state index contributed by atoms with van der Waals surface area (Å²) >= 11 is 0. The number of fused-ring (bicyclic) bond motifs is 8. The van der Waals surface area contributed by atoms with Gasteiger partial charge in [-0.3, -0.25) is 9.55 Å². The van der Waals surface area contributed by atoms with Gasteiger partial charge in [-0.05, 0) is 88.0 Å². The molecule has 0 saturated carbocycles. The molecule has 4 heterocycles. The average Bonchev–Trinajstić information content (AvgIpc) is 3.92. The smallest absolute Gasteiger partial charge is 0.238 e. The van der Waals surface area contributed by atoms with Gasteiger partial charge in [0.2, 0.25) is 5.95 Å². The molecule has 0 aliphatic heterocycles. The second-order valence-corrected chi connectivity index (χ2v) is 16.7. The SMILES string of the molecule is c1ccc(-c2cccc(-n3c4cc(-c5cccc(-c6ccc7c(c6)c6ccccc6n7-c6nc(-c7ccccc7)nc(-c7ccccc7)n6)c5)ccc4c4c5ncccc5ccc43)c2)cc1. The molecule has 6 heteroatoms. The highest BCUT2D eigenvalue weighted by Gasteiger charge is 2.20. The van der Waals surface area contributed by atoms with E-state index in [4.69, 9.17) is 19.9 Å². The normalized spacial score (nSPS) is 11.6. The highest BCUT2D eigenvalue weighted by molar-refractivity contribution is 6.20. The molecule has 6 nitrogen and oxygen atoms in total. The van der Waals surface area contributed by atoms with Crippen molar-refractivity contribution in [3.63, 3.8) is 0 Å². The van der Waals surface area contributed by atoms with E-state index in [1.165, 1.54) is 16.5 Å². The highest BCUT2D eigenvalue weighted by atomic mass is 15.2. The third-order valence-corrected chi connectivity index (χ3v) is 12.8. The number of para-hydroxylation sites is 1. The molecule has 9 aromatic carbocycles. The Balaban J connectivity index is 0.949. The monoisotopic (exact) mass is 842 g/mol. The minimum Gasteiger partial charge on any atom is -0.309 e. The van der Waals surface area contributed by atoms with E-state index in [1.807, 2.05) is 72.9 Å². The van der Waals surface area contributed by atoms with Gasteiger partial charge in [-0.15, -0.1) is 0 Å².